The van der Waals surface area contributed by atoms with Crippen molar-refractivity contribution in [1.82, 2.24) is 4.90 Å². The van der Waals surface area contributed by atoms with Gasteiger partial charge in [-0.3, -0.25) is 0 Å². The second-order valence-electron chi connectivity index (χ2n) is 11.4. The van der Waals surface area contributed by atoms with Crippen molar-refractivity contribution in [1.29, 1.82) is 0 Å². The number of aliphatic imine (C=N–C) groups is 1. The summed E-state index contributed by atoms with van der Waals surface area (Å²) in [5, 5.41) is 0.976. The van der Waals surface area contributed by atoms with Crippen LogP contribution in [-0.4, -0.2) is 55.0 Å². The Morgan fingerprint density at radius 3 is 2.76 bits per heavy atom. The maximum atomic E-state index is 15.4. The Bertz CT molecular complexity index is 1600. The summed E-state index contributed by atoms with van der Waals surface area (Å²) in [5.41, 5.74) is 1.11. The molecule has 1 saturated heterocycles. The molecule has 5 rings (SSSR count). The number of halogens is 1. The maximum absolute atomic E-state index is 15.4. The minimum Gasteiger partial charge on any atom is -0.468 e. The van der Waals surface area contributed by atoms with Crippen molar-refractivity contribution in [2.75, 3.05) is 38.1 Å². The molecule has 9 heteroatoms. The van der Waals surface area contributed by atoms with Gasteiger partial charge in [0.2, 0.25) is 0 Å². The summed E-state index contributed by atoms with van der Waals surface area (Å²) in [6.07, 6.45) is 9.67. The Balaban J connectivity index is 1.80. The van der Waals surface area contributed by atoms with Crippen molar-refractivity contribution >= 4 is 34.1 Å². The lowest BCUT2D eigenvalue weighted by Crippen LogP contribution is -2.53. The topological polar surface area (TPSA) is 67.5 Å². The number of rotatable bonds is 5. The zero-order valence-electron chi connectivity index (χ0n) is 24.4. The van der Waals surface area contributed by atoms with Gasteiger partial charge < -0.3 is 23.7 Å². The third-order valence-corrected chi connectivity index (χ3v) is 8.37. The van der Waals surface area contributed by atoms with Crippen LogP contribution >= 0.6 is 11.8 Å². The summed E-state index contributed by atoms with van der Waals surface area (Å²) in [5.74, 6) is 3.93. The van der Waals surface area contributed by atoms with E-state index in [2.05, 4.69) is 36.5 Å². The Morgan fingerprint density at radius 2 is 2.07 bits per heavy atom. The van der Waals surface area contributed by atoms with Gasteiger partial charge in [-0.25, -0.2) is 14.2 Å². The quantitative estimate of drug-likeness (QED) is 0.262. The van der Waals surface area contributed by atoms with Crippen LogP contribution in [-0.2, 0) is 4.74 Å². The molecule has 0 aliphatic carbocycles. The number of nitrogens with zero attached hydrogens (tertiary/aromatic N) is 3. The minimum atomic E-state index is -0.524. The van der Waals surface area contributed by atoms with Crippen molar-refractivity contribution in [3.8, 4) is 29.4 Å². The number of piperidine rings is 1. The molecule has 0 N–H and O–H groups in total. The molecule has 1 aromatic heterocycles. The third kappa shape index (κ3) is 5.31. The monoisotopic (exact) mass is 577 g/mol. The standard InChI is InChI=1S/C32H36FN3O4S/c1-8-20-11-10-14-35(17-20)29-26-27(36(32(3,4)5)31(34-29)41-7)19(2)28(40-30(26)37)23-16-22(39-18-38-6)15-21-12-9-13-24(33)25(21)23/h1,9,12-13,15-16,20,31H,10-11,14,17-18H2,2-7H3. The fraction of sp³-hybridized carbons (Fsp3) is 0.438. The molecule has 3 aromatic rings. The van der Waals surface area contributed by atoms with Crippen molar-refractivity contribution in [2.45, 2.75) is 51.6 Å². The molecular weight excluding hydrogens is 541 g/mol. The van der Waals surface area contributed by atoms with Crippen molar-refractivity contribution in [3.63, 3.8) is 0 Å². The lowest BCUT2D eigenvalue weighted by Gasteiger charge is -2.46. The van der Waals surface area contributed by atoms with Crippen LogP contribution in [0.2, 0.25) is 0 Å². The van der Waals surface area contributed by atoms with Crippen molar-refractivity contribution in [2.24, 2.45) is 10.9 Å². The zero-order valence-corrected chi connectivity index (χ0v) is 25.2. The second-order valence-corrected chi connectivity index (χ2v) is 12.3. The molecule has 41 heavy (non-hydrogen) atoms. The van der Waals surface area contributed by atoms with Crippen molar-refractivity contribution < 1.29 is 18.3 Å². The predicted octanol–water partition coefficient (Wildman–Crippen LogP) is 6.25. The Labute approximate surface area is 244 Å². The number of benzene rings is 2. The van der Waals surface area contributed by atoms with Gasteiger partial charge in [0.25, 0.3) is 0 Å². The summed E-state index contributed by atoms with van der Waals surface area (Å²) in [4.78, 5) is 23.5. The van der Waals surface area contributed by atoms with Crippen LogP contribution in [0.3, 0.4) is 0 Å². The van der Waals surface area contributed by atoms with Crippen LogP contribution < -0.4 is 15.3 Å². The Morgan fingerprint density at radius 1 is 1.29 bits per heavy atom. The van der Waals surface area contributed by atoms with E-state index in [-0.39, 0.29) is 18.2 Å². The van der Waals surface area contributed by atoms with Crippen LogP contribution in [0.5, 0.6) is 5.75 Å². The first-order valence-corrected chi connectivity index (χ1v) is 15.0. The largest absolute Gasteiger partial charge is 0.468 e. The summed E-state index contributed by atoms with van der Waals surface area (Å²) >= 11 is 1.60. The highest BCUT2D eigenvalue weighted by atomic mass is 32.2. The van der Waals surface area contributed by atoms with E-state index in [0.29, 0.717) is 45.8 Å². The zero-order chi connectivity index (χ0) is 29.5. The SMILES string of the molecule is C#CC1CCCN(C2=NC(SC)N(C(C)(C)C)c3c(C)c(-c4cc(OCOC)cc5cccc(F)c45)oc(=O)c32)C1. The summed E-state index contributed by atoms with van der Waals surface area (Å²) in [6, 6.07) is 8.31. The van der Waals surface area contributed by atoms with Gasteiger partial charge in [0.05, 0.1) is 5.69 Å². The summed E-state index contributed by atoms with van der Waals surface area (Å²) in [6.45, 7) is 9.61. The molecule has 2 aliphatic heterocycles. The molecule has 3 heterocycles. The average molecular weight is 578 g/mol. The van der Waals surface area contributed by atoms with Gasteiger partial charge in [-0.2, -0.15) is 0 Å². The second kappa shape index (κ2) is 11.4. The van der Waals surface area contributed by atoms with Crippen LogP contribution in [0.25, 0.3) is 22.1 Å². The van der Waals surface area contributed by atoms with E-state index < -0.39 is 17.0 Å². The Kier molecular flexibility index (Phi) is 8.09. The van der Waals surface area contributed by atoms with Crippen LogP contribution in [0.1, 0.15) is 44.7 Å². The van der Waals surface area contributed by atoms with E-state index >= 15 is 4.39 Å². The first-order chi connectivity index (χ1) is 19.6. The smallest absolute Gasteiger partial charge is 0.349 e. The number of anilines is 1. The molecule has 0 bridgehead atoms. The van der Waals surface area contributed by atoms with Crippen molar-refractivity contribution in [3.05, 3.63) is 57.7 Å². The summed E-state index contributed by atoms with van der Waals surface area (Å²) in [7, 11) is 1.53. The number of methoxy groups -OCH3 is 1. The highest BCUT2D eigenvalue weighted by Gasteiger charge is 2.41. The van der Waals surface area contributed by atoms with Crippen LogP contribution in [0, 0.1) is 31.0 Å². The number of likely N-dealkylation sites (tertiary alicyclic amines) is 1. The van der Waals surface area contributed by atoms with Gasteiger partial charge in [0.1, 0.15) is 28.7 Å². The third-order valence-electron chi connectivity index (χ3n) is 7.63. The lowest BCUT2D eigenvalue weighted by molar-refractivity contribution is 0.0512. The molecule has 0 radical (unpaired) electrons. The van der Waals surface area contributed by atoms with E-state index in [1.54, 1.807) is 30.0 Å². The maximum Gasteiger partial charge on any atom is 0.349 e. The number of hydrogen-bond donors (Lipinski definition) is 0. The van der Waals surface area contributed by atoms with Crippen LogP contribution in [0.4, 0.5) is 10.1 Å². The van der Waals surface area contributed by atoms with Crippen LogP contribution in [0.15, 0.2) is 44.5 Å². The van der Waals surface area contributed by atoms with E-state index in [9.17, 15) is 4.79 Å². The molecular formula is C32H36FN3O4S. The highest BCUT2D eigenvalue weighted by Crippen LogP contribution is 2.44. The summed E-state index contributed by atoms with van der Waals surface area (Å²) < 4.78 is 32.4. The van der Waals surface area contributed by atoms with Gasteiger partial charge in [-0.15, -0.1) is 24.1 Å². The molecule has 0 spiro atoms. The molecule has 2 aromatic carbocycles. The Hall–Kier alpha value is -3.48. The van der Waals surface area contributed by atoms with E-state index in [0.717, 1.165) is 30.6 Å². The van der Waals surface area contributed by atoms with Gasteiger partial charge in [0, 0.05) is 48.2 Å². The lowest BCUT2D eigenvalue weighted by atomic mass is 9.93. The minimum absolute atomic E-state index is 0.0227. The predicted molar refractivity (Wildman–Crippen MR) is 164 cm³/mol. The normalized spacial score (nSPS) is 19.1. The molecule has 0 saturated carbocycles. The fourth-order valence-electron chi connectivity index (χ4n) is 5.82. The average Bonchev–Trinajstić information content (AvgIpc) is 2.96. The van der Waals surface area contributed by atoms with Gasteiger partial charge in [-0.1, -0.05) is 12.1 Å². The first-order valence-electron chi connectivity index (χ1n) is 13.7. The van der Waals surface area contributed by atoms with Gasteiger partial charge in [0.15, 0.2) is 12.3 Å². The molecule has 2 unspecified atom stereocenters. The molecule has 2 aliphatic rings. The highest BCUT2D eigenvalue weighted by molar-refractivity contribution is 7.99. The number of thioether (sulfide) groups is 1. The van der Waals surface area contributed by atoms with Gasteiger partial charge in [-0.05, 0) is 70.4 Å². The van der Waals surface area contributed by atoms with E-state index in [1.165, 1.54) is 13.2 Å². The number of fused-ring (bicyclic) bond motifs is 2. The molecule has 2 atom stereocenters. The molecule has 7 nitrogen and oxygen atoms in total. The van der Waals surface area contributed by atoms with E-state index in [1.807, 2.05) is 19.2 Å². The molecule has 216 valence electrons. The molecule has 1 fully saturated rings. The number of terminal acetylenes is 1. The number of ether oxygens (including phenoxy) is 2. The molecule has 0 amide bonds. The fourth-order valence-corrected chi connectivity index (χ4v) is 6.66. The number of hydrogen-bond acceptors (Lipinski definition) is 8. The van der Waals surface area contributed by atoms with E-state index in [4.69, 9.17) is 25.3 Å². The first kappa shape index (κ1) is 29.0. The number of amidine groups is 1. The van der Waals surface area contributed by atoms with Gasteiger partial charge >= 0.3 is 5.63 Å².